The lowest BCUT2D eigenvalue weighted by Gasteiger charge is -2.10. The molecular weight excluding hydrogens is 334 g/mol. The second kappa shape index (κ2) is 6.89. The monoisotopic (exact) mass is 351 g/mol. The highest BCUT2D eigenvalue weighted by atomic mass is 16.1. The number of hydrogen-bond donors (Lipinski definition) is 0. The molecule has 0 aliphatic heterocycles. The molecule has 0 aliphatic rings. The third kappa shape index (κ3) is 3.23. The molecule has 0 atom stereocenters. The number of fused-ring (bicyclic) bond motifs is 1. The van der Waals surface area contributed by atoms with Crippen LogP contribution in [0.5, 0.6) is 0 Å². The number of aromatic nitrogens is 2. The van der Waals surface area contributed by atoms with E-state index in [1.807, 2.05) is 48.5 Å². The SMILES string of the molecule is Cn1c(=O)c(Cc2ccc(C#N)cc2)nc2cc(-c3ccccc3)ccc21. The first kappa shape index (κ1) is 16.7. The van der Waals surface area contributed by atoms with Crippen LogP contribution in [0.3, 0.4) is 0 Å². The molecule has 0 spiro atoms. The van der Waals surface area contributed by atoms with Crippen LogP contribution in [0.1, 0.15) is 16.8 Å². The van der Waals surface area contributed by atoms with Crippen molar-refractivity contribution in [1.82, 2.24) is 9.55 Å². The van der Waals surface area contributed by atoms with Crippen molar-refractivity contribution in [2.75, 3.05) is 0 Å². The van der Waals surface area contributed by atoms with Gasteiger partial charge in [-0.3, -0.25) is 4.79 Å². The van der Waals surface area contributed by atoms with E-state index in [1.54, 1.807) is 23.7 Å². The smallest absolute Gasteiger partial charge is 0.272 e. The Balaban J connectivity index is 1.79. The third-order valence-corrected chi connectivity index (χ3v) is 4.71. The molecule has 0 saturated heterocycles. The highest BCUT2D eigenvalue weighted by molar-refractivity contribution is 5.81. The van der Waals surface area contributed by atoms with Crippen LogP contribution in [0.2, 0.25) is 0 Å². The standard InChI is InChI=1S/C23H17N3O/c1-26-22-12-11-19(18-5-3-2-4-6-18)14-20(22)25-21(23(26)27)13-16-7-9-17(15-24)10-8-16/h2-12,14H,13H2,1H3. The predicted octanol–water partition coefficient (Wildman–Crippen LogP) is 4.06. The fourth-order valence-electron chi connectivity index (χ4n) is 3.21. The van der Waals surface area contributed by atoms with Gasteiger partial charge in [-0.05, 0) is 41.0 Å². The minimum Gasteiger partial charge on any atom is -0.308 e. The minimum atomic E-state index is -0.0979. The minimum absolute atomic E-state index is 0.0979. The zero-order valence-electron chi connectivity index (χ0n) is 14.9. The predicted molar refractivity (Wildman–Crippen MR) is 106 cm³/mol. The van der Waals surface area contributed by atoms with Crippen molar-refractivity contribution in [3.8, 4) is 17.2 Å². The van der Waals surface area contributed by atoms with E-state index in [0.717, 1.165) is 27.7 Å². The van der Waals surface area contributed by atoms with Crippen molar-refractivity contribution in [2.45, 2.75) is 6.42 Å². The van der Waals surface area contributed by atoms with Gasteiger partial charge in [0, 0.05) is 13.5 Å². The number of hydrogen-bond acceptors (Lipinski definition) is 3. The summed E-state index contributed by atoms with van der Waals surface area (Å²) in [6, 6.07) is 25.4. The van der Waals surface area contributed by atoms with Gasteiger partial charge in [-0.2, -0.15) is 5.26 Å². The van der Waals surface area contributed by atoms with E-state index >= 15 is 0 Å². The fraction of sp³-hybridized carbons (Fsp3) is 0.0870. The largest absolute Gasteiger partial charge is 0.308 e. The molecule has 1 aromatic heterocycles. The van der Waals surface area contributed by atoms with Crippen LogP contribution in [0, 0.1) is 11.3 Å². The van der Waals surface area contributed by atoms with Crippen LogP contribution in [0.15, 0.2) is 77.6 Å². The number of nitrogens with zero attached hydrogens (tertiary/aromatic N) is 3. The maximum absolute atomic E-state index is 12.7. The first-order chi connectivity index (χ1) is 13.2. The van der Waals surface area contributed by atoms with E-state index in [0.29, 0.717) is 17.7 Å². The Bertz CT molecular complexity index is 1220. The molecule has 0 unspecified atom stereocenters. The zero-order valence-corrected chi connectivity index (χ0v) is 14.9. The summed E-state index contributed by atoms with van der Waals surface area (Å²) in [6.45, 7) is 0. The first-order valence-corrected chi connectivity index (χ1v) is 8.70. The van der Waals surface area contributed by atoms with Gasteiger partial charge in [0.05, 0.1) is 22.7 Å². The Labute approximate surface area is 157 Å². The third-order valence-electron chi connectivity index (χ3n) is 4.71. The lowest BCUT2D eigenvalue weighted by molar-refractivity contribution is 0.855. The molecule has 1 heterocycles. The molecule has 0 aliphatic carbocycles. The van der Waals surface area contributed by atoms with E-state index < -0.39 is 0 Å². The second-order valence-corrected chi connectivity index (χ2v) is 6.48. The molecule has 0 bridgehead atoms. The van der Waals surface area contributed by atoms with Crippen LogP contribution >= 0.6 is 0 Å². The van der Waals surface area contributed by atoms with Crippen molar-refractivity contribution < 1.29 is 0 Å². The van der Waals surface area contributed by atoms with Gasteiger partial charge >= 0.3 is 0 Å². The summed E-state index contributed by atoms with van der Waals surface area (Å²) >= 11 is 0. The molecule has 4 rings (SSSR count). The molecule has 130 valence electrons. The first-order valence-electron chi connectivity index (χ1n) is 8.70. The van der Waals surface area contributed by atoms with Crippen molar-refractivity contribution in [3.63, 3.8) is 0 Å². The van der Waals surface area contributed by atoms with Gasteiger partial charge in [-0.1, -0.05) is 48.5 Å². The molecule has 27 heavy (non-hydrogen) atoms. The topological polar surface area (TPSA) is 58.7 Å². The molecule has 0 N–H and O–H groups in total. The van der Waals surface area contributed by atoms with Crippen molar-refractivity contribution in [2.24, 2.45) is 7.05 Å². The van der Waals surface area contributed by atoms with Gasteiger partial charge in [0.1, 0.15) is 5.69 Å². The highest BCUT2D eigenvalue weighted by Crippen LogP contribution is 2.23. The van der Waals surface area contributed by atoms with Crippen LogP contribution in [-0.2, 0) is 13.5 Å². The van der Waals surface area contributed by atoms with Gasteiger partial charge < -0.3 is 4.57 Å². The molecule has 0 fully saturated rings. The lowest BCUT2D eigenvalue weighted by Crippen LogP contribution is -2.23. The molecule has 4 nitrogen and oxygen atoms in total. The highest BCUT2D eigenvalue weighted by Gasteiger charge is 2.10. The Morgan fingerprint density at radius 1 is 0.963 bits per heavy atom. The Hall–Kier alpha value is -3.71. The number of benzene rings is 3. The average Bonchev–Trinajstić information content (AvgIpc) is 2.72. The summed E-state index contributed by atoms with van der Waals surface area (Å²) in [5.74, 6) is 0. The van der Waals surface area contributed by atoms with Gasteiger partial charge in [0.25, 0.3) is 5.56 Å². The summed E-state index contributed by atoms with van der Waals surface area (Å²) in [5, 5.41) is 8.92. The summed E-state index contributed by atoms with van der Waals surface area (Å²) in [4.78, 5) is 17.4. The van der Waals surface area contributed by atoms with Crippen LogP contribution in [0.25, 0.3) is 22.2 Å². The van der Waals surface area contributed by atoms with E-state index in [4.69, 9.17) is 5.26 Å². The maximum atomic E-state index is 12.7. The van der Waals surface area contributed by atoms with E-state index in [1.165, 1.54) is 0 Å². The van der Waals surface area contributed by atoms with Gasteiger partial charge in [-0.25, -0.2) is 4.98 Å². The summed E-state index contributed by atoms with van der Waals surface area (Å²) in [7, 11) is 1.77. The Kier molecular flexibility index (Phi) is 4.27. The van der Waals surface area contributed by atoms with Crippen molar-refractivity contribution >= 4 is 11.0 Å². The van der Waals surface area contributed by atoms with Crippen LogP contribution in [-0.4, -0.2) is 9.55 Å². The van der Waals surface area contributed by atoms with Crippen LogP contribution in [0.4, 0.5) is 0 Å². The average molecular weight is 351 g/mol. The quantitative estimate of drug-likeness (QED) is 0.559. The lowest BCUT2D eigenvalue weighted by atomic mass is 10.0. The molecule has 4 heteroatoms. The maximum Gasteiger partial charge on any atom is 0.272 e. The Morgan fingerprint density at radius 2 is 1.70 bits per heavy atom. The van der Waals surface area contributed by atoms with E-state index in [-0.39, 0.29) is 5.56 Å². The molecule has 0 amide bonds. The molecule has 3 aromatic carbocycles. The summed E-state index contributed by atoms with van der Waals surface area (Å²) in [6.07, 6.45) is 0.434. The fourth-order valence-corrected chi connectivity index (χ4v) is 3.21. The zero-order chi connectivity index (χ0) is 18.8. The number of aryl methyl sites for hydroxylation is 1. The van der Waals surface area contributed by atoms with Crippen molar-refractivity contribution in [1.29, 1.82) is 5.26 Å². The van der Waals surface area contributed by atoms with Gasteiger partial charge in [-0.15, -0.1) is 0 Å². The molecule has 4 aromatic rings. The van der Waals surface area contributed by atoms with Gasteiger partial charge in [0.2, 0.25) is 0 Å². The Morgan fingerprint density at radius 3 is 2.41 bits per heavy atom. The van der Waals surface area contributed by atoms with Crippen LogP contribution < -0.4 is 5.56 Å². The molecular formula is C23H17N3O. The normalized spacial score (nSPS) is 10.7. The number of rotatable bonds is 3. The summed E-state index contributed by atoms with van der Waals surface area (Å²) in [5.41, 5.74) is 5.75. The molecule has 0 saturated carbocycles. The summed E-state index contributed by atoms with van der Waals surface area (Å²) < 4.78 is 1.65. The van der Waals surface area contributed by atoms with Crippen molar-refractivity contribution in [3.05, 3.63) is 100.0 Å². The van der Waals surface area contributed by atoms with E-state index in [2.05, 4.69) is 23.2 Å². The number of nitriles is 1. The second-order valence-electron chi connectivity index (χ2n) is 6.48. The molecule has 0 radical (unpaired) electrons. The van der Waals surface area contributed by atoms with E-state index in [9.17, 15) is 4.79 Å². The van der Waals surface area contributed by atoms with Gasteiger partial charge in [0.15, 0.2) is 0 Å².